The van der Waals surface area contributed by atoms with Gasteiger partial charge in [-0.2, -0.15) is 5.10 Å². The smallest absolute Gasteiger partial charge is 0.257 e. The van der Waals surface area contributed by atoms with Gasteiger partial charge in [-0.15, -0.1) is 0 Å². The molecule has 1 atom stereocenters. The maximum atomic E-state index is 13.1. The predicted octanol–water partition coefficient (Wildman–Crippen LogP) is 1.54. The van der Waals surface area contributed by atoms with Crippen LogP contribution in [0.2, 0.25) is 0 Å². The van der Waals surface area contributed by atoms with Crippen LogP contribution in [0.25, 0.3) is 0 Å². The Hall–Kier alpha value is -2.64. The Morgan fingerprint density at radius 2 is 2.18 bits per heavy atom. The zero-order valence-corrected chi connectivity index (χ0v) is 16.6. The molecule has 0 bridgehead atoms. The van der Waals surface area contributed by atoms with Gasteiger partial charge in [0.05, 0.1) is 17.6 Å². The van der Waals surface area contributed by atoms with E-state index in [2.05, 4.69) is 15.1 Å². The molecule has 2 aliphatic rings. The summed E-state index contributed by atoms with van der Waals surface area (Å²) in [5.41, 5.74) is 2.50. The number of rotatable bonds is 4. The van der Waals surface area contributed by atoms with E-state index in [1.165, 1.54) is 0 Å². The number of aromatic nitrogens is 4. The maximum Gasteiger partial charge on any atom is 0.257 e. The average molecular weight is 384 g/mol. The first-order valence-electron chi connectivity index (χ1n) is 10.0. The summed E-state index contributed by atoms with van der Waals surface area (Å²) in [6.07, 6.45) is 9.53. The highest BCUT2D eigenvalue weighted by Gasteiger charge is 2.43. The van der Waals surface area contributed by atoms with Gasteiger partial charge in [0.15, 0.2) is 0 Å². The molecule has 2 fully saturated rings. The summed E-state index contributed by atoms with van der Waals surface area (Å²) in [6, 6.07) is 0. The fraction of sp³-hybridized carbons (Fsp3) is 0.600. The number of carbonyl (C=O) groups excluding carboxylic acids is 2. The molecule has 4 heterocycles. The Morgan fingerprint density at radius 1 is 1.32 bits per heavy atom. The Morgan fingerprint density at radius 3 is 2.89 bits per heavy atom. The highest BCUT2D eigenvalue weighted by atomic mass is 16.2. The van der Waals surface area contributed by atoms with Gasteiger partial charge in [0, 0.05) is 69.6 Å². The number of hydrogen-bond acceptors (Lipinski definition) is 4. The van der Waals surface area contributed by atoms with Crippen LogP contribution in [0.5, 0.6) is 0 Å². The highest BCUT2D eigenvalue weighted by Crippen LogP contribution is 2.39. The first-order valence-corrected chi connectivity index (χ1v) is 10.0. The molecule has 8 heteroatoms. The molecule has 4 rings (SSSR count). The number of hydrogen-bond donors (Lipinski definition) is 1. The van der Waals surface area contributed by atoms with Crippen molar-refractivity contribution in [3.05, 3.63) is 35.7 Å². The lowest BCUT2D eigenvalue weighted by molar-refractivity contribution is -0.138. The SMILES string of the molecule is Cc1nn(C)cc1C(=O)N1CCC[C@]2(CCC(=O)N(CCc3cnc[nH]3)C2)C1. The summed E-state index contributed by atoms with van der Waals surface area (Å²) < 4.78 is 1.69. The third-order valence-electron chi connectivity index (χ3n) is 6.15. The summed E-state index contributed by atoms with van der Waals surface area (Å²) >= 11 is 0. The van der Waals surface area contributed by atoms with Crippen molar-refractivity contribution in [1.29, 1.82) is 0 Å². The molecular weight excluding hydrogens is 356 g/mol. The van der Waals surface area contributed by atoms with Crippen molar-refractivity contribution in [3.63, 3.8) is 0 Å². The van der Waals surface area contributed by atoms with Gasteiger partial charge in [0.2, 0.25) is 5.91 Å². The van der Waals surface area contributed by atoms with Crippen molar-refractivity contribution in [3.8, 4) is 0 Å². The molecule has 0 radical (unpaired) electrons. The fourth-order valence-electron chi connectivity index (χ4n) is 4.68. The standard InChI is InChI=1S/C20H28N6O2/c1-15-17(11-24(2)23-15)19(28)26-8-3-6-20(13-26)7-4-18(27)25(12-20)9-5-16-10-21-14-22-16/h10-11,14H,3-9,12-13H2,1-2H3,(H,21,22)/t20-/m1/s1. The lowest BCUT2D eigenvalue weighted by atomic mass is 9.73. The molecule has 28 heavy (non-hydrogen) atoms. The van der Waals surface area contributed by atoms with Gasteiger partial charge < -0.3 is 14.8 Å². The molecule has 0 aliphatic carbocycles. The van der Waals surface area contributed by atoms with Crippen molar-refractivity contribution in [2.45, 2.75) is 39.0 Å². The maximum absolute atomic E-state index is 13.1. The van der Waals surface area contributed by atoms with Crippen LogP contribution >= 0.6 is 0 Å². The second-order valence-electron chi connectivity index (χ2n) is 8.27. The first-order chi connectivity index (χ1) is 13.5. The molecule has 0 unspecified atom stereocenters. The van der Waals surface area contributed by atoms with Gasteiger partial charge in [0.1, 0.15) is 0 Å². The number of likely N-dealkylation sites (tertiary alicyclic amines) is 2. The quantitative estimate of drug-likeness (QED) is 0.866. The number of nitrogens with zero attached hydrogens (tertiary/aromatic N) is 5. The minimum Gasteiger partial charge on any atom is -0.348 e. The van der Waals surface area contributed by atoms with E-state index < -0.39 is 0 Å². The second-order valence-corrected chi connectivity index (χ2v) is 8.27. The van der Waals surface area contributed by atoms with E-state index in [0.717, 1.165) is 50.2 Å². The van der Waals surface area contributed by atoms with Crippen molar-refractivity contribution >= 4 is 11.8 Å². The van der Waals surface area contributed by atoms with Gasteiger partial charge in [-0.3, -0.25) is 14.3 Å². The molecule has 8 nitrogen and oxygen atoms in total. The summed E-state index contributed by atoms with van der Waals surface area (Å²) in [4.78, 5) is 36.6. The first kappa shape index (κ1) is 18.7. The topological polar surface area (TPSA) is 87.1 Å². The van der Waals surface area contributed by atoms with E-state index in [0.29, 0.717) is 25.1 Å². The fourth-order valence-corrected chi connectivity index (χ4v) is 4.68. The normalized spacial score (nSPS) is 22.9. The van der Waals surface area contributed by atoms with Gasteiger partial charge in [0.25, 0.3) is 5.91 Å². The van der Waals surface area contributed by atoms with Crippen LogP contribution in [-0.2, 0) is 18.3 Å². The summed E-state index contributed by atoms with van der Waals surface area (Å²) in [6.45, 7) is 4.79. The van der Waals surface area contributed by atoms with Crippen LogP contribution in [0.1, 0.15) is 47.4 Å². The summed E-state index contributed by atoms with van der Waals surface area (Å²) in [5.74, 6) is 0.280. The van der Waals surface area contributed by atoms with Crippen molar-refractivity contribution < 1.29 is 9.59 Å². The molecule has 0 saturated carbocycles. The number of amides is 2. The molecule has 1 spiro atoms. The molecule has 2 aromatic heterocycles. The van der Waals surface area contributed by atoms with Gasteiger partial charge in [-0.05, 0) is 26.2 Å². The molecule has 2 aromatic rings. The number of nitrogens with one attached hydrogen (secondary N) is 1. The Balaban J connectivity index is 1.45. The van der Waals surface area contributed by atoms with Crippen LogP contribution in [0.3, 0.4) is 0 Å². The predicted molar refractivity (Wildman–Crippen MR) is 104 cm³/mol. The number of carbonyl (C=O) groups is 2. The molecular formula is C20H28N6O2. The molecule has 1 N–H and O–H groups in total. The number of aryl methyl sites for hydroxylation is 2. The number of aromatic amines is 1. The lowest BCUT2D eigenvalue weighted by Gasteiger charge is -2.48. The third-order valence-corrected chi connectivity index (χ3v) is 6.15. The number of imidazole rings is 1. The minimum absolute atomic E-state index is 0.00587. The van der Waals surface area contributed by atoms with E-state index in [-0.39, 0.29) is 17.2 Å². The second kappa shape index (κ2) is 7.41. The Bertz CT molecular complexity index is 858. The largest absolute Gasteiger partial charge is 0.348 e. The summed E-state index contributed by atoms with van der Waals surface area (Å²) in [5, 5.41) is 4.31. The van der Waals surface area contributed by atoms with Crippen LogP contribution in [0.15, 0.2) is 18.7 Å². The molecule has 2 saturated heterocycles. The zero-order chi connectivity index (χ0) is 19.7. The van der Waals surface area contributed by atoms with Gasteiger partial charge in [-0.1, -0.05) is 0 Å². The lowest BCUT2D eigenvalue weighted by Crippen LogP contribution is -2.55. The third kappa shape index (κ3) is 3.68. The molecule has 2 amide bonds. The Labute approximate surface area is 164 Å². The average Bonchev–Trinajstić information content (AvgIpc) is 3.31. The monoisotopic (exact) mass is 384 g/mol. The van der Waals surface area contributed by atoms with E-state index in [1.54, 1.807) is 23.4 Å². The van der Waals surface area contributed by atoms with E-state index in [4.69, 9.17) is 0 Å². The van der Waals surface area contributed by atoms with Gasteiger partial charge >= 0.3 is 0 Å². The van der Waals surface area contributed by atoms with Crippen molar-refractivity contribution in [2.24, 2.45) is 12.5 Å². The zero-order valence-electron chi connectivity index (χ0n) is 16.6. The molecule has 2 aliphatic heterocycles. The van der Waals surface area contributed by atoms with E-state index in [1.807, 2.05) is 23.8 Å². The van der Waals surface area contributed by atoms with Crippen molar-refractivity contribution in [1.82, 2.24) is 29.5 Å². The van der Waals surface area contributed by atoms with Crippen LogP contribution in [0, 0.1) is 12.3 Å². The van der Waals surface area contributed by atoms with Crippen LogP contribution in [-0.4, -0.2) is 67.5 Å². The Kier molecular flexibility index (Phi) is 4.95. The van der Waals surface area contributed by atoms with Crippen LogP contribution in [0.4, 0.5) is 0 Å². The van der Waals surface area contributed by atoms with Crippen molar-refractivity contribution in [2.75, 3.05) is 26.2 Å². The summed E-state index contributed by atoms with van der Waals surface area (Å²) in [7, 11) is 1.84. The van der Waals surface area contributed by atoms with Crippen LogP contribution < -0.4 is 0 Å². The molecule has 0 aromatic carbocycles. The number of piperidine rings is 2. The van der Waals surface area contributed by atoms with Gasteiger partial charge in [-0.25, -0.2) is 4.98 Å². The number of H-pyrrole nitrogens is 1. The molecule has 150 valence electrons. The van der Waals surface area contributed by atoms with E-state index in [9.17, 15) is 9.59 Å². The minimum atomic E-state index is 0.00587. The van der Waals surface area contributed by atoms with E-state index >= 15 is 0 Å². The highest BCUT2D eigenvalue weighted by molar-refractivity contribution is 5.95.